The maximum absolute atomic E-state index is 12.7. The summed E-state index contributed by atoms with van der Waals surface area (Å²) in [5.74, 6) is 0.620. The van der Waals surface area contributed by atoms with Crippen LogP contribution in [0.5, 0.6) is 5.75 Å². The molecule has 1 amide bonds. The van der Waals surface area contributed by atoms with Crippen molar-refractivity contribution in [2.45, 2.75) is 26.0 Å². The largest absolute Gasteiger partial charge is 0.481 e. The smallest absolute Gasteiger partial charge is 0.261 e. The molecule has 0 fully saturated rings. The second-order valence-corrected chi connectivity index (χ2v) is 6.88. The lowest BCUT2D eigenvalue weighted by Gasteiger charge is -2.18. The van der Waals surface area contributed by atoms with Crippen LogP contribution in [0, 0.1) is 0 Å². The molecule has 0 bridgehead atoms. The zero-order valence-corrected chi connectivity index (χ0v) is 15.9. The van der Waals surface area contributed by atoms with Crippen molar-refractivity contribution in [1.29, 1.82) is 0 Å². The number of rotatable bonds is 6. The van der Waals surface area contributed by atoms with Crippen molar-refractivity contribution in [3.05, 3.63) is 90.5 Å². The van der Waals surface area contributed by atoms with Crippen molar-refractivity contribution < 1.29 is 9.53 Å². The summed E-state index contributed by atoms with van der Waals surface area (Å²) in [6.45, 7) is 2.45. The molecule has 1 N–H and O–H groups in total. The summed E-state index contributed by atoms with van der Waals surface area (Å²) in [6.07, 6.45) is 0.0879. The van der Waals surface area contributed by atoms with E-state index in [1.165, 1.54) is 5.39 Å². The van der Waals surface area contributed by atoms with Crippen LogP contribution >= 0.6 is 0 Å². The quantitative estimate of drug-likeness (QED) is 0.490. The first kappa shape index (κ1) is 18.1. The van der Waals surface area contributed by atoms with E-state index < -0.39 is 6.10 Å². The maximum atomic E-state index is 12.7. The molecule has 3 nitrogen and oxygen atoms in total. The monoisotopic (exact) mass is 369 g/mol. The fourth-order valence-corrected chi connectivity index (χ4v) is 3.47. The van der Waals surface area contributed by atoms with E-state index in [4.69, 9.17) is 4.74 Å². The molecule has 0 saturated carbocycles. The second kappa shape index (κ2) is 8.13. The highest BCUT2D eigenvalue weighted by molar-refractivity contribution is 5.87. The van der Waals surface area contributed by atoms with Crippen LogP contribution in [-0.4, -0.2) is 12.0 Å². The van der Waals surface area contributed by atoms with Gasteiger partial charge in [-0.2, -0.15) is 0 Å². The van der Waals surface area contributed by atoms with E-state index in [0.29, 0.717) is 18.7 Å². The average Bonchev–Trinajstić information content (AvgIpc) is 2.75. The van der Waals surface area contributed by atoms with Crippen molar-refractivity contribution >= 4 is 27.5 Å². The van der Waals surface area contributed by atoms with E-state index in [-0.39, 0.29) is 5.91 Å². The number of fused-ring (bicyclic) bond motifs is 2. The second-order valence-electron chi connectivity index (χ2n) is 6.88. The zero-order valence-electron chi connectivity index (χ0n) is 15.9. The van der Waals surface area contributed by atoms with Crippen LogP contribution < -0.4 is 10.1 Å². The van der Waals surface area contributed by atoms with Gasteiger partial charge < -0.3 is 10.1 Å². The molecule has 0 aromatic heterocycles. The van der Waals surface area contributed by atoms with Crippen molar-refractivity contribution in [2.75, 3.05) is 0 Å². The number of amides is 1. The molecule has 3 heteroatoms. The summed E-state index contributed by atoms with van der Waals surface area (Å²) in [5.41, 5.74) is 1.10. The van der Waals surface area contributed by atoms with Gasteiger partial charge in [0.15, 0.2) is 6.10 Å². The molecule has 4 rings (SSSR count). The third-order valence-electron chi connectivity index (χ3n) is 5.00. The Kier molecular flexibility index (Phi) is 5.24. The predicted molar refractivity (Wildman–Crippen MR) is 114 cm³/mol. The number of hydrogen-bond donors (Lipinski definition) is 1. The Morgan fingerprint density at radius 3 is 2.39 bits per heavy atom. The van der Waals surface area contributed by atoms with Gasteiger partial charge in [0.1, 0.15) is 5.75 Å². The molecular formula is C25H23NO2. The molecule has 1 unspecified atom stereocenters. The highest BCUT2D eigenvalue weighted by Gasteiger charge is 2.18. The van der Waals surface area contributed by atoms with E-state index in [2.05, 4.69) is 29.6 Å². The number of benzene rings is 4. The molecule has 0 aliphatic carbocycles. The van der Waals surface area contributed by atoms with Gasteiger partial charge in [0.2, 0.25) is 0 Å². The van der Waals surface area contributed by atoms with Gasteiger partial charge in [-0.25, -0.2) is 0 Å². The normalized spacial score (nSPS) is 12.0. The van der Waals surface area contributed by atoms with E-state index in [1.807, 2.05) is 67.6 Å². The van der Waals surface area contributed by atoms with Gasteiger partial charge in [-0.3, -0.25) is 4.79 Å². The molecule has 1 atom stereocenters. The van der Waals surface area contributed by atoms with E-state index >= 15 is 0 Å². The lowest BCUT2D eigenvalue weighted by molar-refractivity contribution is -0.128. The molecule has 0 radical (unpaired) electrons. The molecular weight excluding hydrogens is 346 g/mol. The zero-order chi connectivity index (χ0) is 19.3. The first-order valence-electron chi connectivity index (χ1n) is 9.64. The summed E-state index contributed by atoms with van der Waals surface area (Å²) in [5, 5.41) is 7.63. The minimum atomic E-state index is -0.517. The van der Waals surface area contributed by atoms with Crippen LogP contribution in [0.4, 0.5) is 0 Å². The molecule has 4 aromatic carbocycles. The molecule has 0 saturated heterocycles. The van der Waals surface area contributed by atoms with Crippen LogP contribution in [0.25, 0.3) is 21.5 Å². The third-order valence-corrected chi connectivity index (χ3v) is 5.00. The van der Waals surface area contributed by atoms with Gasteiger partial charge in [-0.05, 0) is 45.7 Å². The Balaban J connectivity index is 1.46. The Labute approximate surface area is 165 Å². The Bertz CT molecular complexity index is 1110. The SMILES string of the molecule is CCC(Oc1ccc2ccccc2c1)C(=O)NCc1cccc2ccccc12. The van der Waals surface area contributed by atoms with Crippen molar-refractivity contribution in [2.24, 2.45) is 0 Å². The molecule has 4 aromatic rings. The van der Waals surface area contributed by atoms with E-state index in [9.17, 15) is 4.79 Å². The molecule has 0 aliphatic rings. The average molecular weight is 369 g/mol. The molecule has 0 aliphatic heterocycles. The molecule has 140 valence electrons. The summed E-state index contributed by atoms with van der Waals surface area (Å²) in [4.78, 5) is 12.7. The number of carbonyl (C=O) groups excluding carboxylic acids is 1. The van der Waals surface area contributed by atoms with Crippen LogP contribution in [0.1, 0.15) is 18.9 Å². The fourth-order valence-electron chi connectivity index (χ4n) is 3.47. The summed E-state index contributed by atoms with van der Waals surface area (Å²) in [6, 6.07) is 28.4. The van der Waals surface area contributed by atoms with Gasteiger partial charge in [0.05, 0.1) is 0 Å². The highest BCUT2D eigenvalue weighted by atomic mass is 16.5. The Hall–Kier alpha value is -3.33. The lowest BCUT2D eigenvalue weighted by atomic mass is 10.0. The van der Waals surface area contributed by atoms with Crippen molar-refractivity contribution in [3.63, 3.8) is 0 Å². The van der Waals surface area contributed by atoms with Gasteiger partial charge in [-0.15, -0.1) is 0 Å². The number of carbonyl (C=O) groups is 1. The molecule has 0 heterocycles. The minimum Gasteiger partial charge on any atom is -0.481 e. The van der Waals surface area contributed by atoms with Gasteiger partial charge in [0.25, 0.3) is 5.91 Å². The van der Waals surface area contributed by atoms with Crippen molar-refractivity contribution in [1.82, 2.24) is 5.32 Å². The topological polar surface area (TPSA) is 38.3 Å². The van der Waals surface area contributed by atoms with Crippen molar-refractivity contribution in [3.8, 4) is 5.75 Å². The third kappa shape index (κ3) is 3.84. The summed E-state index contributed by atoms with van der Waals surface area (Å²) >= 11 is 0. The first-order chi connectivity index (χ1) is 13.7. The van der Waals surface area contributed by atoms with Gasteiger partial charge >= 0.3 is 0 Å². The predicted octanol–water partition coefficient (Wildman–Crippen LogP) is 5.47. The Morgan fingerprint density at radius 1 is 0.857 bits per heavy atom. The van der Waals surface area contributed by atoms with Crippen LogP contribution in [0.3, 0.4) is 0 Å². The molecule has 28 heavy (non-hydrogen) atoms. The van der Waals surface area contributed by atoms with Gasteiger partial charge in [0, 0.05) is 6.54 Å². The minimum absolute atomic E-state index is 0.0939. The van der Waals surface area contributed by atoms with Crippen LogP contribution in [0.15, 0.2) is 84.9 Å². The van der Waals surface area contributed by atoms with Crippen LogP contribution in [0.2, 0.25) is 0 Å². The Morgan fingerprint density at radius 2 is 1.57 bits per heavy atom. The standard InChI is InChI=1S/C25H23NO2/c1-2-24(28-22-15-14-18-8-3-4-10-20(18)16-22)25(27)26-17-21-12-7-11-19-9-5-6-13-23(19)21/h3-16,24H,2,17H2,1H3,(H,26,27). The van der Waals surface area contributed by atoms with E-state index in [0.717, 1.165) is 21.7 Å². The first-order valence-corrected chi connectivity index (χ1v) is 9.64. The lowest BCUT2D eigenvalue weighted by Crippen LogP contribution is -2.37. The summed E-state index contributed by atoms with van der Waals surface area (Å²) < 4.78 is 6.00. The molecule has 0 spiro atoms. The summed E-state index contributed by atoms with van der Waals surface area (Å²) in [7, 11) is 0. The van der Waals surface area contributed by atoms with Gasteiger partial charge in [-0.1, -0.05) is 79.7 Å². The van der Waals surface area contributed by atoms with E-state index in [1.54, 1.807) is 0 Å². The number of ether oxygens (including phenoxy) is 1. The van der Waals surface area contributed by atoms with Crippen LogP contribution in [-0.2, 0) is 11.3 Å². The number of nitrogens with one attached hydrogen (secondary N) is 1. The highest BCUT2D eigenvalue weighted by Crippen LogP contribution is 2.22. The fraction of sp³-hybridized carbons (Fsp3) is 0.160. The maximum Gasteiger partial charge on any atom is 0.261 e. The number of hydrogen-bond acceptors (Lipinski definition) is 2.